The van der Waals surface area contributed by atoms with E-state index in [4.69, 9.17) is 5.11 Å². The maximum Gasteiger partial charge on any atom is 0.320 e. The smallest absolute Gasteiger partial charge is 0.320 e. The summed E-state index contributed by atoms with van der Waals surface area (Å²) in [5.74, 6) is 1.11. The fourth-order valence-corrected chi connectivity index (χ4v) is 2.25. The molecular weight excluding hydrogens is 246 g/mol. The second kappa shape index (κ2) is 5.66. The molecule has 1 N–H and O–H groups in total. The van der Waals surface area contributed by atoms with Crippen molar-refractivity contribution in [1.82, 2.24) is 24.6 Å². The molecule has 0 radical (unpaired) electrons. The Kier molecular flexibility index (Phi) is 4.16. The number of rotatable bonds is 4. The van der Waals surface area contributed by atoms with Crippen molar-refractivity contribution in [3.8, 4) is 0 Å². The fraction of sp³-hybridized carbons (Fsp3) is 0.750. The van der Waals surface area contributed by atoms with Gasteiger partial charge in [-0.2, -0.15) is 0 Å². The van der Waals surface area contributed by atoms with Crippen LogP contribution in [0.4, 0.5) is 0 Å². The van der Waals surface area contributed by atoms with Crippen LogP contribution in [-0.4, -0.2) is 67.9 Å². The first kappa shape index (κ1) is 14.0. The van der Waals surface area contributed by atoms with Crippen molar-refractivity contribution in [1.29, 1.82) is 0 Å². The lowest BCUT2D eigenvalue weighted by atomic mass is 10.2. The molecule has 1 aliphatic rings. The summed E-state index contributed by atoms with van der Waals surface area (Å²) in [7, 11) is 1.97. The number of piperazine rings is 1. The van der Waals surface area contributed by atoms with Crippen LogP contribution < -0.4 is 0 Å². The first-order valence-electron chi connectivity index (χ1n) is 6.53. The Morgan fingerprint density at radius 1 is 1.32 bits per heavy atom. The highest BCUT2D eigenvalue weighted by atomic mass is 16.4. The molecule has 1 aromatic heterocycles. The quantitative estimate of drug-likeness (QED) is 0.808. The van der Waals surface area contributed by atoms with Gasteiger partial charge in [-0.3, -0.25) is 14.6 Å². The van der Waals surface area contributed by atoms with Crippen molar-refractivity contribution in [3.05, 3.63) is 11.6 Å². The largest absolute Gasteiger partial charge is 0.480 e. The maximum absolute atomic E-state index is 10.9. The zero-order valence-electron chi connectivity index (χ0n) is 11.7. The minimum atomic E-state index is -0.752. The van der Waals surface area contributed by atoms with Crippen LogP contribution in [0.3, 0.4) is 0 Å². The lowest BCUT2D eigenvalue weighted by Gasteiger charge is -2.36. The molecule has 7 nitrogen and oxygen atoms in total. The molecule has 0 aromatic carbocycles. The van der Waals surface area contributed by atoms with E-state index in [1.807, 2.05) is 23.4 Å². The van der Waals surface area contributed by atoms with Crippen molar-refractivity contribution in [2.45, 2.75) is 26.4 Å². The average Bonchev–Trinajstić information content (AvgIpc) is 2.71. The van der Waals surface area contributed by atoms with Gasteiger partial charge in [0.05, 0.1) is 6.54 Å². The predicted octanol–water partition coefficient (Wildman–Crippen LogP) is -0.286. The minimum absolute atomic E-state index is 0.403. The van der Waals surface area contributed by atoms with Gasteiger partial charge in [0.25, 0.3) is 0 Å². The monoisotopic (exact) mass is 267 g/mol. The molecular formula is C12H21N5O2. The lowest BCUT2D eigenvalue weighted by molar-refractivity contribution is -0.143. The Labute approximate surface area is 112 Å². The molecule has 7 heteroatoms. The molecule has 106 valence electrons. The molecule has 0 spiro atoms. The number of hydrogen-bond donors (Lipinski definition) is 1. The molecule has 1 aromatic rings. The molecule has 1 unspecified atom stereocenters. The number of carbonyl (C=O) groups is 1. The van der Waals surface area contributed by atoms with Gasteiger partial charge in [-0.15, -0.1) is 10.2 Å². The van der Waals surface area contributed by atoms with Crippen molar-refractivity contribution in [3.63, 3.8) is 0 Å². The van der Waals surface area contributed by atoms with Crippen LogP contribution in [0.15, 0.2) is 0 Å². The van der Waals surface area contributed by atoms with Crippen LogP contribution >= 0.6 is 0 Å². The van der Waals surface area contributed by atoms with Crippen molar-refractivity contribution >= 4 is 5.97 Å². The van der Waals surface area contributed by atoms with E-state index < -0.39 is 12.0 Å². The van der Waals surface area contributed by atoms with Gasteiger partial charge < -0.3 is 9.67 Å². The number of nitrogens with zero attached hydrogens (tertiary/aromatic N) is 5. The Morgan fingerprint density at radius 3 is 2.42 bits per heavy atom. The van der Waals surface area contributed by atoms with Gasteiger partial charge in [0, 0.05) is 33.2 Å². The predicted molar refractivity (Wildman–Crippen MR) is 69.7 cm³/mol. The Morgan fingerprint density at radius 2 is 1.95 bits per heavy atom. The molecule has 0 saturated carbocycles. The van der Waals surface area contributed by atoms with Crippen LogP contribution in [0.5, 0.6) is 0 Å². The van der Waals surface area contributed by atoms with Gasteiger partial charge in [0.15, 0.2) is 0 Å². The van der Waals surface area contributed by atoms with E-state index in [1.165, 1.54) is 0 Å². The normalized spacial score (nSPS) is 19.5. The van der Waals surface area contributed by atoms with Crippen LogP contribution in [0.1, 0.15) is 18.6 Å². The van der Waals surface area contributed by atoms with E-state index in [0.717, 1.165) is 44.4 Å². The second-order valence-electron chi connectivity index (χ2n) is 5.05. The third-order valence-electron chi connectivity index (χ3n) is 3.86. The van der Waals surface area contributed by atoms with E-state index >= 15 is 0 Å². The first-order chi connectivity index (χ1) is 8.99. The molecule has 0 bridgehead atoms. The van der Waals surface area contributed by atoms with Gasteiger partial charge in [0.1, 0.15) is 17.7 Å². The lowest BCUT2D eigenvalue weighted by Crippen LogP contribution is -2.51. The summed E-state index contributed by atoms with van der Waals surface area (Å²) >= 11 is 0. The summed E-state index contributed by atoms with van der Waals surface area (Å²) in [6.07, 6.45) is 0. The summed E-state index contributed by atoms with van der Waals surface area (Å²) in [4.78, 5) is 15.2. The number of hydrogen-bond acceptors (Lipinski definition) is 5. The third kappa shape index (κ3) is 3.10. The summed E-state index contributed by atoms with van der Waals surface area (Å²) in [5, 5.41) is 17.2. The molecule has 1 fully saturated rings. The number of aryl methyl sites for hydroxylation is 1. The van der Waals surface area contributed by atoms with E-state index in [0.29, 0.717) is 0 Å². The molecule has 0 amide bonds. The molecule has 19 heavy (non-hydrogen) atoms. The Hall–Kier alpha value is -1.47. The van der Waals surface area contributed by atoms with Crippen LogP contribution in [0.25, 0.3) is 0 Å². The number of carboxylic acids is 1. The van der Waals surface area contributed by atoms with Crippen molar-refractivity contribution < 1.29 is 9.90 Å². The van der Waals surface area contributed by atoms with E-state index in [-0.39, 0.29) is 0 Å². The number of aromatic nitrogens is 3. The molecule has 1 saturated heterocycles. The van der Waals surface area contributed by atoms with Gasteiger partial charge in [0.2, 0.25) is 0 Å². The van der Waals surface area contributed by atoms with Gasteiger partial charge in [-0.05, 0) is 13.8 Å². The van der Waals surface area contributed by atoms with E-state index in [1.54, 1.807) is 6.92 Å². The zero-order chi connectivity index (χ0) is 14.0. The average molecular weight is 267 g/mol. The highest BCUT2D eigenvalue weighted by molar-refractivity contribution is 5.72. The topological polar surface area (TPSA) is 74.5 Å². The Bertz CT molecular complexity index is 451. The minimum Gasteiger partial charge on any atom is -0.480 e. The van der Waals surface area contributed by atoms with Gasteiger partial charge in [-0.1, -0.05) is 0 Å². The summed E-state index contributed by atoms with van der Waals surface area (Å²) in [5.41, 5.74) is 0. The molecule has 1 atom stereocenters. The SMILES string of the molecule is Cc1nnc(CN2CCN(C(C)C(=O)O)CC2)n1C. The standard InChI is InChI=1S/C12H21N5O2/c1-9(12(18)19)17-6-4-16(5-7-17)8-11-14-13-10(2)15(11)3/h9H,4-8H2,1-3H3,(H,18,19). The van der Waals surface area contributed by atoms with Gasteiger partial charge >= 0.3 is 5.97 Å². The van der Waals surface area contributed by atoms with Crippen LogP contribution in [0.2, 0.25) is 0 Å². The Balaban J connectivity index is 1.87. The third-order valence-corrected chi connectivity index (χ3v) is 3.86. The van der Waals surface area contributed by atoms with Gasteiger partial charge in [-0.25, -0.2) is 0 Å². The molecule has 1 aliphatic heterocycles. The molecule has 2 heterocycles. The molecule has 2 rings (SSSR count). The summed E-state index contributed by atoms with van der Waals surface area (Å²) in [6, 6.07) is -0.403. The maximum atomic E-state index is 10.9. The van der Waals surface area contributed by atoms with Crippen molar-refractivity contribution in [2.75, 3.05) is 26.2 Å². The van der Waals surface area contributed by atoms with Crippen LogP contribution in [-0.2, 0) is 18.4 Å². The summed E-state index contributed by atoms with van der Waals surface area (Å²) < 4.78 is 1.99. The van der Waals surface area contributed by atoms with Crippen molar-refractivity contribution in [2.24, 2.45) is 7.05 Å². The highest BCUT2D eigenvalue weighted by Gasteiger charge is 2.25. The summed E-state index contributed by atoms with van der Waals surface area (Å²) in [6.45, 7) is 7.74. The van der Waals surface area contributed by atoms with E-state index in [2.05, 4.69) is 15.1 Å². The van der Waals surface area contributed by atoms with E-state index in [9.17, 15) is 4.79 Å². The molecule has 0 aliphatic carbocycles. The number of aliphatic carboxylic acids is 1. The fourth-order valence-electron chi connectivity index (χ4n) is 2.25. The number of carboxylic acid groups (broad SMARTS) is 1. The highest BCUT2D eigenvalue weighted by Crippen LogP contribution is 2.09. The van der Waals surface area contributed by atoms with Crippen LogP contribution in [0, 0.1) is 6.92 Å². The zero-order valence-corrected chi connectivity index (χ0v) is 11.7. The first-order valence-corrected chi connectivity index (χ1v) is 6.53. The second-order valence-corrected chi connectivity index (χ2v) is 5.05.